The number of carboxylic acid groups (broad SMARTS) is 1. The molecule has 1 amide bonds. The van der Waals surface area contributed by atoms with E-state index < -0.39 is 62.9 Å². The number of carbonyl (C=O) groups excluding carboxylic acids is 1. The quantitative estimate of drug-likeness (QED) is 0.189. The first-order valence-electron chi connectivity index (χ1n) is 14.9. The van der Waals surface area contributed by atoms with Gasteiger partial charge in [0.1, 0.15) is 11.9 Å². The number of carbonyl (C=O) groups is 2. The third kappa shape index (κ3) is 7.82. The minimum atomic E-state index is -4.84. The van der Waals surface area contributed by atoms with Crippen molar-refractivity contribution in [1.82, 2.24) is 4.90 Å². The van der Waals surface area contributed by atoms with E-state index >= 15 is 0 Å². The predicted molar refractivity (Wildman–Crippen MR) is 168 cm³/mol. The lowest BCUT2D eigenvalue weighted by atomic mass is 9.98. The molecule has 0 aliphatic carbocycles. The van der Waals surface area contributed by atoms with E-state index in [1.165, 1.54) is 42.2 Å². The number of ether oxygens (including phenoxy) is 1. The van der Waals surface area contributed by atoms with Gasteiger partial charge in [0.05, 0.1) is 34.2 Å². The Balaban J connectivity index is 1.50. The Morgan fingerprint density at radius 3 is 2.37 bits per heavy atom. The molecule has 2 heterocycles. The maximum Gasteiger partial charge on any atom is 0.417 e. The molecule has 0 aromatic heterocycles. The number of fused-ring (bicyclic) bond motifs is 1. The number of nitrogens with zero attached hydrogens (tertiary/aromatic N) is 2. The number of benzene rings is 3. The van der Waals surface area contributed by atoms with Gasteiger partial charge < -0.3 is 14.7 Å². The van der Waals surface area contributed by atoms with Gasteiger partial charge in [-0.25, -0.2) is 8.42 Å². The van der Waals surface area contributed by atoms with E-state index in [0.717, 1.165) is 34.6 Å². The molecule has 0 bridgehead atoms. The molecule has 1 N–H and O–H groups in total. The van der Waals surface area contributed by atoms with Gasteiger partial charge in [0.15, 0.2) is 0 Å². The molecule has 3 aromatic rings. The van der Waals surface area contributed by atoms with Crippen molar-refractivity contribution in [2.24, 2.45) is 5.92 Å². The molecule has 0 spiro atoms. The van der Waals surface area contributed by atoms with Gasteiger partial charge in [-0.2, -0.15) is 26.3 Å². The van der Waals surface area contributed by atoms with Crippen molar-refractivity contribution in [2.45, 2.75) is 49.5 Å². The van der Waals surface area contributed by atoms with Crippen LogP contribution in [0.15, 0.2) is 65.6 Å². The number of carboxylic acids is 1. The fourth-order valence-electron chi connectivity index (χ4n) is 5.87. The van der Waals surface area contributed by atoms with Gasteiger partial charge >= 0.3 is 18.3 Å². The average Bonchev–Trinajstić information content (AvgIpc) is 3.53. The van der Waals surface area contributed by atoms with Crippen molar-refractivity contribution < 1.29 is 54.2 Å². The standard InChI is InChI=1S/C33H29ClF6N2O6S/c1-19(30-25(33(38,39)40)6-3-7-26(30)34)14-20-8-10-28-27(15-20)42(49(46,47)24-5-2-4-22(16-24)32(35,36)37)18-23(48-28)9-11-29(43)41-13-12-21(17-41)31(44)45/h2-8,10,14-16,21,23H,9,11-13,17-18H2,1H3,(H,44,45)/b19-14+/t21-,23+/m1/s1. The minimum Gasteiger partial charge on any atom is -0.486 e. The van der Waals surface area contributed by atoms with E-state index in [-0.39, 0.29) is 65.0 Å². The number of rotatable bonds is 8. The Labute approximate surface area is 282 Å². The molecule has 1 saturated heterocycles. The van der Waals surface area contributed by atoms with E-state index in [4.69, 9.17) is 16.3 Å². The van der Waals surface area contributed by atoms with Crippen LogP contribution in [0, 0.1) is 5.92 Å². The Bertz CT molecular complexity index is 1910. The molecule has 2 aliphatic rings. The van der Waals surface area contributed by atoms with Crippen LogP contribution in [0.2, 0.25) is 5.02 Å². The van der Waals surface area contributed by atoms with E-state index in [1.807, 2.05) is 0 Å². The molecule has 262 valence electrons. The number of hydrogen-bond acceptors (Lipinski definition) is 5. The molecule has 5 rings (SSSR count). The van der Waals surface area contributed by atoms with Gasteiger partial charge in [0.2, 0.25) is 5.91 Å². The van der Waals surface area contributed by atoms with Crippen LogP contribution >= 0.6 is 11.6 Å². The first kappa shape index (κ1) is 36.1. The van der Waals surface area contributed by atoms with Crippen LogP contribution in [0.3, 0.4) is 0 Å². The molecular weight excluding hydrogens is 702 g/mol. The fraction of sp³-hybridized carbons (Fsp3) is 0.333. The molecule has 0 radical (unpaired) electrons. The summed E-state index contributed by atoms with van der Waals surface area (Å²) in [6.07, 6.45) is -8.97. The summed E-state index contributed by atoms with van der Waals surface area (Å²) >= 11 is 6.16. The average molecular weight is 731 g/mol. The van der Waals surface area contributed by atoms with Gasteiger partial charge in [-0.1, -0.05) is 35.9 Å². The maximum absolute atomic E-state index is 14.0. The summed E-state index contributed by atoms with van der Waals surface area (Å²) in [5.74, 6) is -2.07. The van der Waals surface area contributed by atoms with Crippen molar-refractivity contribution in [2.75, 3.05) is 23.9 Å². The molecule has 2 atom stereocenters. The molecular formula is C33H29ClF6N2O6S. The van der Waals surface area contributed by atoms with E-state index in [0.29, 0.717) is 12.5 Å². The van der Waals surface area contributed by atoms with Crippen LogP contribution < -0.4 is 9.04 Å². The van der Waals surface area contributed by atoms with Crippen molar-refractivity contribution in [3.05, 3.63) is 87.9 Å². The molecule has 0 unspecified atom stereocenters. The van der Waals surface area contributed by atoms with Crippen LogP contribution in [-0.2, 0) is 32.0 Å². The van der Waals surface area contributed by atoms with Crippen molar-refractivity contribution >= 4 is 50.8 Å². The second-order valence-electron chi connectivity index (χ2n) is 11.7. The Hall–Kier alpha value is -4.24. The number of allylic oxidation sites excluding steroid dienone is 1. The van der Waals surface area contributed by atoms with Crippen molar-refractivity contribution in [1.29, 1.82) is 0 Å². The zero-order valence-corrected chi connectivity index (χ0v) is 27.3. The number of amides is 1. The monoisotopic (exact) mass is 730 g/mol. The number of halogens is 7. The summed E-state index contributed by atoms with van der Waals surface area (Å²) in [7, 11) is -4.69. The first-order valence-corrected chi connectivity index (χ1v) is 16.7. The third-order valence-corrected chi connectivity index (χ3v) is 10.4. The van der Waals surface area contributed by atoms with Crippen LogP contribution in [0.25, 0.3) is 11.6 Å². The molecule has 16 heteroatoms. The lowest BCUT2D eigenvalue weighted by Gasteiger charge is -2.36. The lowest BCUT2D eigenvalue weighted by molar-refractivity contribution is -0.141. The fourth-order valence-corrected chi connectivity index (χ4v) is 7.74. The zero-order valence-electron chi connectivity index (χ0n) is 25.7. The first-order chi connectivity index (χ1) is 22.9. The second-order valence-corrected chi connectivity index (χ2v) is 14.0. The van der Waals surface area contributed by atoms with Crippen LogP contribution in [0.1, 0.15) is 48.4 Å². The number of alkyl halides is 6. The van der Waals surface area contributed by atoms with Crippen LogP contribution in [-0.4, -0.2) is 56.0 Å². The number of anilines is 1. The smallest absolute Gasteiger partial charge is 0.417 e. The maximum atomic E-state index is 14.0. The molecule has 8 nitrogen and oxygen atoms in total. The summed E-state index contributed by atoms with van der Waals surface area (Å²) in [4.78, 5) is 24.9. The van der Waals surface area contributed by atoms with E-state index in [9.17, 15) is 49.5 Å². The zero-order chi connectivity index (χ0) is 35.9. The Morgan fingerprint density at radius 1 is 1.00 bits per heavy atom. The highest BCUT2D eigenvalue weighted by atomic mass is 35.5. The minimum absolute atomic E-state index is 0.00535. The normalized spacial score (nSPS) is 18.7. The number of aliphatic carboxylic acids is 1. The Morgan fingerprint density at radius 2 is 1.71 bits per heavy atom. The highest BCUT2D eigenvalue weighted by molar-refractivity contribution is 7.92. The highest BCUT2D eigenvalue weighted by Crippen LogP contribution is 2.42. The van der Waals surface area contributed by atoms with Crippen molar-refractivity contribution in [3.8, 4) is 5.75 Å². The van der Waals surface area contributed by atoms with Crippen LogP contribution in [0.4, 0.5) is 32.0 Å². The SMILES string of the molecule is C/C(=C\c1ccc2c(c1)N(S(=O)(=O)c1cccc(C(F)(F)F)c1)C[C@H](CCC(=O)N1CC[C@@H](C(=O)O)C1)O2)c1c(Cl)cccc1C(F)(F)F. The second kappa shape index (κ2) is 13.6. The van der Waals surface area contributed by atoms with E-state index in [2.05, 4.69) is 0 Å². The number of likely N-dealkylation sites (tertiary alicyclic amines) is 1. The summed E-state index contributed by atoms with van der Waals surface area (Å²) in [5.41, 5.74) is -2.19. The number of sulfonamides is 1. The molecule has 49 heavy (non-hydrogen) atoms. The largest absolute Gasteiger partial charge is 0.486 e. The molecule has 3 aromatic carbocycles. The molecule has 1 fully saturated rings. The van der Waals surface area contributed by atoms with Gasteiger partial charge in [0, 0.05) is 30.1 Å². The number of hydrogen-bond donors (Lipinski definition) is 1. The summed E-state index contributed by atoms with van der Waals surface area (Å²) in [6.45, 7) is 1.27. The third-order valence-electron chi connectivity index (χ3n) is 8.33. The Kier molecular flexibility index (Phi) is 9.99. The van der Waals surface area contributed by atoms with Gasteiger partial charge in [0.25, 0.3) is 10.0 Å². The molecule has 2 aliphatic heterocycles. The van der Waals surface area contributed by atoms with E-state index in [1.54, 1.807) is 0 Å². The van der Waals surface area contributed by atoms with Gasteiger partial charge in [-0.3, -0.25) is 13.9 Å². The molecule has 0 saturated carbocycles. The predicted octanol–water partition coefficient (Wildman–Crippen LogP) is 7.61. The topological polar surface area (TPSA) is 104 Å². The van der Waals surface area contributed by atoms with Gasteiger partial charge in [-0.05, 0) is 73.4 Å². The summed E-state index contributed by atoms with van der Waals surface area (Å²) < 4.78 is 117. The van der Waals surface area contributed by atoms with Crippen LogP contribution in [0.5, 0.6) is 5.75 Å². The van der Waals surface area contributed by atoms with Gasteiger partial charge in [-0.15, -0.1) is 0 Å². The lowest BCUT2D eigenvalue weighted by Crippen LogP contribution is -2.44. The van der Waals surface area contributed by atoms with Crippen molar-refractivity contribution in [3.63, 3.8) is 0 Å². The summed E-state index contributed by atoms with van der Waals surface area (Å²) in [5, 5.41) is 9.08. The summed E-state index contributed by atoms with van der Waals surface area (Å²) in [6, 6.07) is 10.7. The highest BCUT2D eigenvalue weighted by Gasteiger charge is 2.38.